The number of nitrogens with one attached hydrogen (secondary N) is 1. The molecule has 3 aromatic heterocycles. The van der Waals surface area contributed by atoms with E-state index >= 15 is 0 Å². The van der Waals surface area contributed by atoms with Gasteiger partial charge in [0.25, 0.3) is 17.3 Å². The number of amides is 2. The Bertz CT molecular complexity index is 1410. The Hall–Kier alpha value is -3.91. The van der Waals surface area contributed by atoms with Crippen LogP contribution >= 0.6 is 23.1 Å². The molecule has 12 nitrogen and oxygen atoms in total. The highest BCUT2D eigenvalue weighted by Crippen LogP contribution is 2.40. The number of carboxylic acids is 1. The predicted molar refractivity (Wildman–Crippen MR) is 126 cm³/mol. The van der Waals surface area contributed by atoms with Gasteiger partial charge in [0.05, 0.1) is 6.26 Å². The summed E-state index contributed by atoms with van der Waals surface area (Å²) in [5, 5.41) is 17.5. The van der Waals surface area contributed by atoms with Crippen molar-refractivity contribution < 1.29 is 33.3 Å². The van der Waals surface area contributed by atoms with Gasteiger partial charge in [-0.2, -0.15) is 4.57 Å². The molecule has 14 heteroatoms. The summed E-state index contributed by atoms with van der Waals surface area (Å²) in [7, 11) is 1.28. The molecule has 0 aromatic carbocycles. The van der Waals surface area contributed by atoms with Crippen LogP contribution in [0.5, 0.6) is 0 Å². The number of nitrogens with two attached hydrogens (primary N) is 1. The number of furan rings is 1. The van der Waals surface area contributed by atoms with Crippen LogP contribution in [0.3, 0.4) is 0 Å². The number of thiazole rings is 1. The van der Waals surface area contributed by atoms with Crippen molar-refractivity contribution in [3.8, 4) is 0 Å². The topological polar surface area (TPSA) is 164 Å². The quantitative estimate of drug-likeness (QED) is 0.176. The van der Waals surface area contributed by atoms with Crippen LogP contribution in [-0.4, -0.2) is 62.8 Å². The summed E-state index contributed by atoms with van der Waals surface area (Å²) in [6.07, 6.45) is 3.39. The van der Waals surface area contributed by atoms with Crippen molar-refractivity contribution in [1.29, 1.82) is 0 Å². The Morgan fingerprint density at radius 1 is 1.46 bits per heavy atom. The van der Waals surface area contributed by atoms with Crippen LogP contribution in [0, 0.1) is 0 Å². The third kappa shape index (κ3) is 4.00. The van der Waals surface area contributed by atoms with Crippen LogP contribution in [0.2, 0.25) is 0 Å². The molecule has 2 aliphatic heterocycles. The number of hydrogen-bond acceptors (Lipinski definition) is 10. The second kappa shape index (κ2) is 9.03. The maximum absolute atomic E-state index is 13.0. The van der Waals surface area contributed by atoms with Gasteiger partial charge >= 0.3 is 5.97 Å². The summed E-state index contributed by atoms with van der Waals surface area (Å²) in [6.45, 7) is 0.273. The summed E-state index contributed by atoms with van der Waals surface area (Å²) >= 11 is 2.51. The van der Waals surface area contributed by atoms with Gasteiger partial charge in [-0.3, -0.25) is 14.5 Å². The summed E-state index contributed by atoms with van der Waals surface area (Å²) in [5.41, 5.74) is 7.71. The highest BCUT2D eigenvalue weighted by molar-refractivity contribution is 8.00. The molecule has 5 rings (SSSR count). The highest BCUT2D eigenvalue weighted by Gasteiger charge is 2.54. The first-order valence-corrected chi connectivity index (χ1v) is 12.2. The number of nitrogens with zero attached hydrogens (tertiary/aromatic N) is 4. The van der Waals surface area contributed by atoms with Crippen LogP contribution in [0.15, 0.2) is 56.9 Å². The number of thioether (sulfide) groups is 1. The molecule has 0 saturated carbocycles. The van der Waals surface area contributed by atoms with E-state index in [1.807, 2.05) is 16.8 Å². The SMILES string of the molecule is CON=C(C(=O)NC1C(=O)N2C(C(=O)O)=C(C[n+]3cccc4occc43)CS[C@H]12)c1csc(N)n1. The molecule has 1 saturated heterocycles. The van der Waals surface area contributed by atoms with Crippen LogP contribution in [0.1, 0.15) is 5.69 Å². The van der Waals surface area contributed by atoms with Crippen LogP contribution < -0.4 is 15.6 Å². The number of anilines is 1. The molecular formula is C21H19N6O6S2+. The maximum Gasteiger partial charge on any atom is 0.352 e. The summed E-state index contributed by atoms with van der Waals surface area (Å²) in [5.74, 6) is -2.04. The van der Waals surface area contributed by atoms with Crippen LogP contribution in [0.25, 0.3) is 11.1 Å². The number of rotatable bonds is 7. The molecule has 3 aromatic rings. The largest absolute Gasteiger partial charge is 0.477 e. The standard InChI is InChI=1S/C21H18N6O6S2/c1-32-25-14(11-9-35-21(22)23-11)17(28)24-15-18(29)27-16(20(30)31)10(8-34-19(15)27)7-26-5-2-3-13-12(26)4-6-33-13/h2-6,9,15,19H,7-8H2,1H3,(H3-,22,23,24,28,30,31)/p+1/t15?,19-/m1/s1. The number of hydrogen-bond donors (Lipinski definition) is 3. The molecule has 5 heterocycles. The second-order valence-electron chi connectivity index (χ2n) is 7.62. The minimum absolute atomic E-state index is 0.0738. The van der Waals surface area contributed by atoms with Crippen molar-refractivity contribution >= 4 is 62.8 Å². The lowest BCUT2D eigenvalue weighted by Crippen LogP contribution is -2.71. The number of aliphatic carboxylic acids is 1. The van der Waals surface area contributed by atoms with E-state index in [4.69, 9.17) is 15.0 Å². The first kappa shape index (κ1) is 22.9. The fourth-order valence-corrected chi connectivity index (χ4v) is 5.92. The van der Waals surface area contributed by atoms with Gasteiger partial charge in [0.1, 0.15) is 29.9 Å². The number of carboxylic acid groups (broad SMARTS) is 1. The van der Waals surface area contributed by atoms with E-state index in [1.54, 1.807) is 23.8 Å². The zero-order chi connectivity index (χ0) is 24.7. The lowest BCUT2D eigenvalue weighted by Gasteiger charge is -2.49. The van der Waals surface area contributed by atoms with E-state index in [9.17, 15) is 19.5 Å². The molecule has 0 radical (unpaired) electrons. The first-order valence-electron chi connectivity index (χ1n) is 10.3. The van der Waals surface area contributed by atoms with Gasteiger partial charge in [-0.1, -0.05) is 5.16 Å². The molecule has 180 valence electrons. The summed E-state index contributed by atoms with van der Waals surface area (Å²) < 4.78 is 7.29. The van der Waals surface area contributed by atoms with Crippen molar-refractivity contribution in [2.45, 2.75) is 18.0 Å². The van der Waals surface area contributed by atoms with Gasteiger partial charge in [-0.05, 0) is 6.07 Å². The van der Waals surface area contributed by atoms with E-state index in [0.29, 0.717) is 16.9 Å². The number of carbonyl (C=O) groups is 3. The lowest BCUT2D eigenvalue weighted by molar-refractivity contribution is -0.663. The molecule has 0 bridgehead atoms. The van der Waals surface area contributed by atoms with E-state index in [2.05, 4.69) is 15.5 Å². The van der Waals surface area contributed by atoms with Crippen molar-refractivity contribution in [2.75, 3.05) is 18.6 Å². The number of oxime groups is 1. The second-order valence-corrected chi connectivity index (χ2v) is 9.61. The Balaban J connectivity index is 1.38. The molecule has 35 heavy (non-hydrogen) atoms. The Morgan fingerprint density at radius 3 is 3.00 bits per heavy atom. The third-order valence-corrected chi connectivity index (χ3v) is 7.57. The van der Waals surface area contributed by atoms with Gasteiger partial charge < -0.3 is 25.4 Å². The van der Waals surface area contributed by atoms with Crippen LogP contribution in [0.4, 0.5) is 5.13 Å². The Kier molecular flexibility index (Phi) is 5.90. The molecule has 1 unspecified atom stereocenters. The van der Waals surface area contributed by atoms with Gasteiger partial charge in [0.2, 0.25) is 0 Å². The van der Waals surface area contributed by atoms with Crippen molar-refractivity contribution in [1.82, 2.24) is 15.2 Å². The van der Waals surface area contributed by atoms with Gasteiger partial charge in [-0.15, -0.1) is 23.1 Å². The van der Waals surface area contributed by atoms with Crippen molar-refractivity contribution in [2.24, 2.45) is 5.16 Å². The lowest BCUT2D eigenvalue weighted by atomic mass is 10.0. The predicted octanol–water partition coefficient (Wildman–Crippen LogP) is 0.548. The van der Waals surface area contributed by atoms with Gasteiger partial charge in [0, 0.05) is 28.8 Å². The Morgan fingerprint density at radius 2 is 2.29 bits per heavy atom. The molecule has 0 spiro atoms. The van der Waals surface area contributed by atoms with Crippen molar-refractivity contribution in [3.63, 3.8) is 0 Å². The fourth-order valence-electron chi connectivity index (χ4n) is 4.04. The number of β-lactam (4-membered cyclic amide) rings is 1. The van der Waals surface area contributed by atoms with E-state index in [-0.39, 0.29) is 28.8 Å². The number of fused-ring (bicyclic) bond motifs is 2. The molecule has 4 N–H and O–H groups in total. The number of pyridine rings is 1. The molecule has 1 fully saturated rings. The molecule has 2 aliphatic rings. The van der Waals surface area contributed by atoms with Gasteiger partial charge in [0.15, 0.2) is 29.2 Å². The van der Waals surface area contributed by atoms with E-state index in [0.717, 1.165) is 16.9 Å². The van der Waals surface area contributed by atoms with E-state index in [1.165, 1.54) is 23.8 Å². The first-order chi connectivity index (χ1) is 16.9. The summed E-state index contributed by atoms with van der Waals surface area (Å²) in [6, 6.07) is 4.49. The smallest absolute Gasteiger partial charge is 0.352 e. The normalized spacial score (nSPS) is 20.0. The average molecular weight is 516 g/mol. The fraction of sp³-hybridized carbons (Fsp3) is 0.238. The zero-order valence-electron chi connectivity index (χ0n) is 18.2. The minimum atomic E-state index is -1.21. The monoisotopic (exact) mass is 515 g/mol. The third-order valence-electron chi connectivity index (χ3n) is 5.56. The minimum Gasteiger partial charge on any atom is -0.477 e. The number of nitrogen functional groups attached to an aromatic ring is 1. The molecular weight excluding hydrogens is 496 g/mol. The molecule has 2 amide bonds. The molecule has 2 atom stereocenters. The number of aromatic nitrogens is 2. The molecule has 0 aliphatic carbocycles. The maximum atomic E-state index is 13.0. The van der Waals surface area contributed by atoms with E-state index < -0.39 is 29.2 Å². The van der Waals surface area contributed by atoms with Crippen molar-refractivity contribution in [3.05, 3.63) is 53.0 Å². The zero-order valence-corrected chi connectivity index (χ0v) is 19.8. The Labute approximate surface area is 206 Å². The van der Waals surface area contributed by atoms with Crippen LogP contribution in [-0.2, 0) is 25.8 Å². The van der Waals surface area contributed by atoms with Gasteiger partial charge in [-0.25, -0.2) is 9.78 Å². The average Bonchev–Trinajstić information content (AvgIpc) is 3.49. The summed E-state index contributed by atoms with van der Waals surface area (Å²) in [4.78, 5) is 48.1. The highest BCUT2D eigenvalue weighted by atomic mass is 32.2. The number of carbonyl (C=O) groups excluding carboxylic acids is 2.